The van der Waals surface area contributed by atoms with Crippen molar-refractivity contribution in [2.45, 2.75) is 224 Å². The van der Waals surface area contributed by atoms with Gasteiger partial charge in [-0.1, -0.05) is 212 Å². The highest BCUT2D eigenvalue weighted by Gasteiger charge is 1.99. The average molecular weight is 562 g/mol. The fraction of sp³-hybridized carbons (Fsp3) is 1.00. The molecule has 0 saturated carbocycles. The van der Waals surface area contributed by atoms with Crippen molar-refractivity contribution in [2.24, 2.45) is 0 Å². The van der Waals surface area contributed by atoms with E-state index in [4.69, 9.17) is 23.2 Å². The van der Waals surface area contributed by atoms with Gasteiger partial charge in [0.1, 0.15) is 4.84 Å². The first kappa shape index (κ1) is 37.6. The molecule has 0 atom stereocenters. The summed E-state index contributed by atoms with van der Waals surface area (Å²) in [7, 11) is 0. The van der Waals surface area contributed by atoms with Gasteiger partial charge in [0, 0.05) is 0 Å². The molecule has 0 aromatic heterocycles. The Bertz CT molecular complexity index is 381. The van der Waals surface area contributed by atoms with E-state index in [1.165, 1.54) is 205 Å². The summed E-state index contributed by atoms with van der Waals surface area (Å²) in [6.07, 6.45) is 47.4. The van der Waals surface area contributed by atoms with Gasteiger partial charge in [0.2, 0.25) is 0 Å². The van der Waals surface area contributed by atoms with Crippen LogP contribution in [0.1, 0.15) is 219 Å². The van der Waals surface area contributed by atoms with Crippen molar-refractivity contribution in [2.75, 3.05) is 0 Å². The second kappa shape index (κ2) is 34.6. The SMILES string of the molecule is CCCCCCCCCCCCCCCCCCCCCCCCCCCCCCCCCCC(Cl)Cl. The van der Waals surface area contributed by atoms with Gasteiger partial charge < -0.3 is 0 Å². The van der Waals surface area contributed by atoms with Crippen molar-refractivity contribution in [1.29, 1.82) is 0 Å². The Labute approximate surface area is 246 Å². The summed E-state index contributed by atoms with van der Waals surface area (Å²) >= 11 is 11.5. The van der Waals surface area contributed by atoms with Crippen LogP contribution in [0, 0.1) is 0 Å². The van der Waals surface area contributed by atoms with Crippen LogP contribution in [-0.2, 0) is 0 Å². The zero-order valence-corrected chi connectivity index (χ0v) is 27.2. The number of hydrogen-bond acceptors (Lipinski definition) is 0. The first-order valence-electron chi connectivity index (χ1n) is 17.6. The second-order valence-electron chi connectivity index (χ2n) is 12.1. The molecule has 2 heteroatoms. The van der Waals surface area contributed by atoms with Crippen LogP contribution >= 0.6 is 23.2 Å². The zero-order chi connectivity index (χ0) is 26.9. The summed E-state index contributed by atoms with van der Waals surface area (Å²) in [5, 5.41) is 0. The molecule has 0 aromatic carbocycles. The number of hydrogen-bond donors (Lipinski definition) is 0. The summed E-state index contributed by atoms with van der Waals surface area (Å²) in [6.45, 7) is 2.31. The minimum absolute atomic E-state index is 0.159. The smallest absolute Gasteiger partial charge is 0.105 e. The van der Waals surface area contributed by atoms with Crippen molar-refractivity contribution in [1.82, 2.24) is 0 Å². The Hall–Kier alpha value is 0.580. The van der Waals surface area contributed by atoms with E-state index in [0.29, 0.717) is 0 Å². The lowest BCUT2D eigenvalue weighted by atomic mass is 10.0. The van der Waals surface area contributed by atoms with E-state index in [-0.39, 0.29) is 4.84 Å². The molecule has 0 aliphatic rings. The Morgan fingerprint density at radius 3 is 0.595 bits per heavy atom. The van der Waals surface area contributed by atoms with Gasteiger partial charge >= 0.3 is 0 Å². The maximum absolute atomic E-state index is 5.76. The molecular formula is C35H70Cl2. The normalized spacial score (nSPS) is 11.7. The summed E-state index contributed by atoms with van der Waals surface area (Å²) in [5.41, 5.74) is 0. The maximum atomic E-state index is 5.76. The minimum Gasteiger partial charge on any atom is -0.105 e. The predicted octanol–water partition coefficient (Wildman–Crippen LogP) is 14.7. The van der Waals surface area contributed by atoms with Gasteiger partial charge in [-0.3, -0.25) is 0 Å². The summed E-state index contributed by atoms with van der Waals surface area (Å²) in [5.74, 6) is 0. The molecule has 37 heavy (non-hydrogen) atoms. The van der Waals surface area contributed by atoms with Gasteiger partial charge in [-0.2, -0.15) is 0 Å². The third kappa shape index (κ3) is 36.6. The number of unbranched alkanes of at least 4 members (excludes halogenated alkanes) is 31. The van der Waals surface area contributed by atoms with Crippen LogP contribution < -0.4 is 0 Å². The van der Waals surface area contributed by atoms with Gasteiger partial charge in [-0.05, 0) is 6.42 Å². The first-order valence-corrected chi connectivity index (χ1v) is 18.4. The number of halogens is 2. The monoisotopic (exact) mass is 560 g/mol. The fourth-order valence-corrected chi connectivity index (χ4v) is 5.98. The molecule has 0 rings (SSSR count). The Morgan fingerprint density at radius 2 is 0.432 bits per heavy atom. The van der Waals surface area contributed by atoms with Crippen LogP contribution in [0.5, 0.6) is 0 Å². The highest BCUT2D eigenvalue weighted by molar-refractivity contribution is 6.44. The fourth-order valence-electron chi connectivity index (χ4n) is 5.68. The molecule has 224 valence electrons. The lowest BCUT2D eigenvalue weighted by molar-refractivity contribution is 0.512. The molecule has 0 aliphatic heterocycles. The van der Waals surface area contributed by atoms with Crippen molar-refractivity contribution < 1.29 is 0 Å². The van der Waals surface area contributed by atoms with Crippen molar-refractivity contribution >= 4 is 23.2 Å². The van der Waals surface area contributed by atoms with Crippen LogP contribution in [0.25, 0.3) is 0 Å². The highest BCUT2D eigenvalue weighted by atomic mass is 35.5. The standard InChI is InChI=1S/C35H70Cl2/c1-2-3-4-5-6-7-8-9-10-11-12-13-14-15-16-17-18-19-20-21-22-23-24-25-26-27-28-29-30-31-32-33-34-35(36)37/h35H,2-34H2,1H3. The highest BCUT2D eigenvalue weighted by Crippen LogP contribution is 2.17. The Morgan fingerprint density at radius 1 is 0.270 bits per heavy atom. The van der Waals surface area contributed by atoms with Crippen LogP contribution in [-0.4, -0.2) is 4.84 Å². The quantitative estimate of drug-likeness (QED) is 0.0552. The topological polar surface area (TPSA) is 0 Å². The zero-order valence-electron chi connectivity index (χ0n) is 25.7. The van der Waals surface area contributed by atoms with E-state index in [1.807, 2.05) is 0 Å². The third-order valence-corrected chi connectivity index (χ3v) is 8.71. The van der Waals surface area contributed by atoms with E-state index in [0.717, 1.165) is 6.42 Å². The average Bonchev–Trinajstić information content (AvgIpc) is 2.89. The second-order valence-corrected chi connectivity index (χ2v) is 13.4. The van der Waals surface area contributed by atoms with Gasteiger partial charge in [-0.25, -0.2) is 0 Å². The molecule has 0 heterocycles. The lowest BCUT2D eigenvalue weighted by Crippen LogP contribution is -1.87. The molecule has 0 bridgehead atoms. The van der Waals surface area contributed by atoms with Crippen LogP contribution in [0.4, 0.5) is 0 Å². The van der Waals surface area contributed by atoms with E-state index in [1.54, 1.807) is 0 Å². The van der Waals surface area contributed by atoms with Crippen molar-refractivity contribution in [3.05, 3.63) is 0 Å². The lowest BCUT2D eigenvalue weighted by Gasteiger charge is -2.05. The number of rotatable bonds is 33. The number of alkyl halides is 2. The summed E-state index contributed by atoms with van der Waals surface area (Å²) in [4.78, 5) is -0.159. The molecule has 0 spiro atoms. The molecule has 0 aliphatic carbocycles. The molecule has 0 radical (unpaired) electrons. The Kier molecular flexibility index (Phi) is 35.1. The van der Waals surface area contributed by atoms with E-state index in [9.17, 15) is 0 Å². The summed E-state index contributed by atoms with van der Waals surface area (Å²) in [6, 6.07) is 0. The van der Waals surface area contributed by atoms with E-state index >= 15 is 0 Å². The van der Waals surface area contributed by atoms with Crippen molar-refractivity contribution in [3.8, 4) is 0 Å². The molecule has 0 fully saturated rings. The molecular weight excluding hydrogens is 491 g/mol. The molecule has 0 aromatic rings. The van der Waals surface area contributed by atoms with Crippen molar-refractivity contribution in [3.63, 3.8) is 0 Å². The van der Waals surface area contributed by atoms with Gasteiger partial charge in [0.25, 0.3) is 0 Å². The molecule has 0 amide bonds. The van der Waals surface area contributed by atoms with Crippen LogP contribution in [0.2, 0.25) is 0 Å². The predicted molar refractivity (Wildman–Crippen MR) is 174 cm³/mol. The summed E-state index contributed by atoms with van der Waals surface area (Å²) < 4.78 is 0. The minimum atomic E-state index is -0.159. The molecule has 0 unspecified atom stereocenters. The molecule has 0 saturated heterocycles. The maximum Gasteiger partial charge on any atom is 0.107 e. The first-order chi connectivity index (χ1) is 18.3. The van der Waals surface area contributed by atoms with Gasteiger partial charge in [0.15, 0.2) is 0 Å². The Balaban J connectivity index is 3.01. The molecule has 0 N–H and O–H groups in total. The van der Waals surface area contributed by atoms with Crippen LogP contribution in [0.3, 0.4) is 0 Å². The van der Waals surface area contributed by atoms with E-state index in [2.05, 4.69) is 6.92 Å². The van der Waals surface area contributed by atoms with Gasteiger partial charge in [-0.15, -0.1) is 23.2 Å². The van der Waals surface area contributed by atoms with Crippen LogP contribution in [0.15, 0.2) is 0 Å². The molecule has 0 nitrogen and oxygen atoms in total. The van der Waals surface area contributed by atoms with E-state index < -0.39 is 0 Å². The largest absolute Gasteiger partial charge is 0.107 e. The van der Waals surface area contributed by atoms with Gasteiger partial charge in [0.05, 0.1) is 0 Å². The third-order valence-electron chi connectivity index (χ3n) is 8.28.